The van der Waals surface area contributed by atoms with E-state index in [0.29, 0.717) is 37.4 Å². The Labute approximate surface area is 166 Å². The fourth-order valence-electron chi connectivity index (χ4n) is 2.43. The number of carbonyl (C=O) groups is 1. The van der Waals surface area contributed by atoms with Crippen molar-refractivity contribution in [3.05, 3.63) is 54.6 Å². The lowest BCUT2D eigenvalue weighted by molar-refractivity contribution is -0.122. The predicted octanol–water partition coefficient (Wildman–Crippen LogP) is 2.80. The smallest absolute Gasteiger partial charge is 0.265 e. The molecule has 7 nitrogen and oxygen atoms in total. The number of hydrogen-bond acceptors (Lipinski definition) is 5. The van der Waals surface area contributed by atoms with Gasteiger partial charge in [-0.1, -0.05) is 25.1 Å². The normalized spacial score (nSPS) is 12.4. The number of benzene rings is 2. The number of ether oxygens (including phenoxy) is 2. The van der Waals surface area contributed by atoms with Gasteiger partial charge in [-0.15, -0.1) is 0 Å². The average molecular weight is 407 g/mol. The molecule has 8 heteroatoms. The van der Waals surface area contributed by atoms with Crippen LogP contribution in [0.5, 0.6) is 5.75 Å². The molecule has 1 amide bonds. The lowest BCUT2D eigenvalue weighted by Gasteiger charge is -2.17. The van der Waals surface area contributed by atoms with Crippen LogP contribution in [-0.4, -0.2) is 40.7 Å². The second-order valence-corrected chi connectivity index (χ2v) is 7.85. The van der Waals surface area contributed by atoms with Crippen molar-refractivity contribution in [1.29, 1.82) is 0 Å². The summed E-state index contributed by atoms with van der Waals surface area (Å²) in [5.41, 5.74) is 0.499. The molecular formula is C20H26N2O5S. The van der Waals surface area contributed by atoms with Crippen LogP contribution < -0.4 is 14.8 Å². The van der Waals surface area contributed by atoms with Gasteiger partial charge in [-0.05, 0) is 49.2 Å². The molecule has 2 rings (SSSR count). The first-order valence-electron chi connectivity index (χ1n) is 9.07. The van der Waals surface area contributed by atoms with Crippen molar-refractivity contribution in [2.24, 2.45) is 0 Å². The molecule has 0 heterocycles. The van der Waals surface area contributed by atoms with Gasteiger partial charge >= 0.3 is 0 Å². The van der Waals surface area contributed by atoms with E-state index in [2.05, 4.69) is 10.0 Å². The maximum atomic E-state index is 12.5. The van der Waals surface area contributed by atoms with Crippen molar-refractivity contribution in [3.8, 4) is 5.75 Å². The molecule has 28 heavy (non-hydrogen) atoms. The molecule has 152 valence electrons. The van der Waals surface area contributed by atoms with Gasteiger partial charge < -0.3 is 14.8 Å². The summed E-state index contributed by atoms with van der Waals surface area (Å²) >= 11 is 0. The zero-order chi connectivity index (χ0) is 20.4. The Kier molecular flexibility index (Phi) is 8.43. The van der Waals surface area contributed by atoms with Crippen LogP contribution >= 0.6 is 0 Å². The summed E-state index contributed by atoms with van der Waals surface area (Å²) < 4.78 is 37.6. The van der Waals surface area contributed by atoms with Crippen LogP contribution in [0.1, 0.15) is 19.8 Å². The van der Waals surface area contributed by atoms with E-state index < -0.39 is 16.1 Å². The first-order chi connectivity index (χ1) is 13.5. The molecule has 0 radical (unpaired) electrons. The lowest BCUT2D eigenvalue weighted by atomic mass is 10.2. The molecular weight excluding hydrogens is 380 g/mol. The quantitative estimate of drug-likeness (QED) is 0.560. The maximum Gasteiger partial charge on any atom is 0.265 e. The van der Waals surface area contributed by atoms with E-state index in [1.54, 1.807) is 31.4 Å². The van der Waals surface area contributed by atoms with E-state index in [1.165, 1.54) is 12.1 Å². The molecule has 0 bridgehead atoms. The molecule has 0 aliphatic heterocycles. The molecule has 0 aromatic heterocycles. The van der Waals surface area contributed by atoms with E-state index >= 15 is 0 Å². The topological polar surface area (TPSA) is 93.7 Å². The number of para-hydroxylation sites is 1. The minimum atomic E-state index is -3.59. The Morgan fingerprint density at radius 3 is 2.36 bits per heavy atom. The van der Waals surface area contributed by atoms with Gasteiger partial charge in [0.2, 0.25) is 10.0 Å². The van der Waals surface area contributed by atoms with Crippen molar-refractivity contribution in [3.63, 3.8) is 0 Å². The van der Waals surface area contributed by atoms with Gasteiger partial charge in [0.25, 0.3) is 5.91 Å². The summed E-state index contributed by atoms with van der Waals surface area (Å²) in [5.74, 6) is 0.324. The molecule has 1 unspecified atom stereocenters. The van der Waals surface area contributed by atoms with Gasteiger partial charge in [0, 0.05) is 25.9 Å². The molecule has 0 spiro atoms. The molecule has 1 atom stereocenters. The SMILES string of the molecule is CCC(Oc1ccccc1)C(=O)Nc1ccc(S(=O)(=O)NCCCOC)cc1. The predicted molar refractivity (Wildman–Crippen MR) is 108 cm³/mol. The van der Waals surface area contributed by atoms with Crippen LogP contribution in [0, 0.1) is 0 Å². The number of carbonyl (C=O) groups excluding carboxylic acids is 1. The minimum Gasteiger partial charge on any atom is -0.481 e. The molecule has 2 N–H and O–H groups in total. The van der Waals surface area contributed by atoms with Crippen molar-refractivity contribution in [2.45, 2.75) is 30.8 Å². The molecule has 0 saturated heterocycles. The lowest BCUT2D eigenvalue weighted by Crippen LogP contribution is -2.32. The van der Waals surface area contributed by atoms with Crippen molar-refractivity contribution < 1.29 is 22.7 Å². The number of rotatable bonds is 11. The van der Waals surface area contributed by atoms with Gasteiger partial charge in [-0.3, -0.25) is 4.79 Å². The zero-order valence-corrected chi connectivity index (χ0v) is 16.9. The standard InChI is InChI=1S/C20H26N2O5S/c1-3-19(27-17-8-5-4-6-9-17)20(23)22-16-10-12-18(13-11-16)28(24,25)21-14-7-15-26-2/h4-6,8-13,19,21H,3,7,14-15H2,1-2H3,(H,22,23). The highest BCUT2D eigenvalue weighted by atomic mass is 32.2. The number of methoxy groups -OCH3 is 1. The fourth-order valence-corrected chi connectivity index (χ4v) is 3.51. The van der Waals surface area contributed by atoms with Crippen molar-refractivity contribution in [2.75, 3.05) is 25.6 Å². The Balaban J connectivity index is 1.96. The van der Waals surface area contributed by atoms with E-state index in [9.17, 15) is 13.2 Å². The van der Waals surface area contributed by atoms with E-state index in [-0.39, 0.29) is 10.8 Å². The second kappa shape index (κ2) is 10.8. The summed E-state index contributed by atoms with van der Waals surface area (Å²) in [7, 11) is -2.03. The molecule has 2 aromatic carbocycles. The summed E-state index contributed by atoms with van der Waals surface area (Å²) in [4.78, 5) is 12.6. The monoisotopic (exact) mass is 406 g/mol. The van der Waals surface area contributed by atoms with Crippen LogP contribution in [0.3, 0.4) is 0 Å². The number of nitrogens with one attached hydrogen (secondary N) is 2. The molecule has 0 aliphatic carbocycles. The van der Waals surface area contributed by atoms with Gasteiger partial charge in [-0.2, -0.15) is 0 Å². The summed E-state index contributed by atoms with van der Waals surface area (Å²) in [6, 6.07) is 15.1. The van der Waals surface area contributed by atoms with Crippen LogP contribution in [-0.2, 0) is 19.6 Å². The average Bonchev–Trinajstić information content (AvgIpc) is 2.70. The minimum absolute atomic E-state index is 0.135. The molecule has 2 aromatic rings. The Morgan fingerprint density at radius 1 is 1.07 bits per heavy atom. The van der Waals surface area contributed by atoms with Crippen molar-refractivity contribution >= 4 is 21.6 Å². The molecule has 0 fully saturated rings. The number of hydrogen-bond donors (Lipinski definition) is 2. The summed E-state index contributed by atoms with van der Waals surface area (Å²) in [6.07, 6.45) is 0.440. The van der Waals surface area contributed by atoms with Gasteiger partial charge in [0.15, 0.2) is 6.10 Å². The Morgan fingerprint density at radius 2 is 1.75 bits per heavy atom. The Hall–Kier alpha value is -2.42. The van der Waals surface area contributed by atoms with E-state index in [1.807, 2.05) is 25.1 Å². The largest absolute Gasteiger partial charge is 0.481 e. The van der Waals surface area contributed by atoms with Crippen LogP contribution in [0.25, 0.3) is 0 Å². The second-order valence-electron chi connectivity index (χ2n) is 6.09. The van der Waals surface area contributed by atoms with Crippen molar-refractivity contribution in [1.82, 2.24) is 4.72 Å². The third kappa shape index (κ3) is 6.63. The van der Waals surface area contributed by atoms with Crippen LogP contribution in [0.2, 0.25) is 0 Å². The Bertz CT molecular complexity index is 839. The maximum absolute atomic E-state index is 12.5. The van der Waals surface area contributed by atoms with E-state index in [4.69, 9.17) is 9.47 Å². The number of sulfonamides is 1. The highest BCUT2D eigenvalue weighted by molar-refractivity contribution is 7.89. The van der Waals surface area contributed by atoms with Gasteiger partial charge in [-0.25, -0.2) is 13.1 Å². The molecule has 0 aliphatic rings. The highest BCUT2D eigenvalue weighted by Crippen LogP contribution is 2.17. The van der Waals surface area contributed by atoms with E-state index in [0.717, 1.165) is 0 Å². The third-order valence-corrected chi connectivity index (χ3v) is 5.41. The summed E-state index contributed by atoms with van der Waals surface area (Å²) in [6.45, 7) is 2.64. The first kappa shape index (κ1) is 21.9. The highest BCUT2D eigenvalue weighted by Gasteiger charge is 2.19. The zero-order valence-electron chi connectivity index (χ0n) is 16.1. The number of amides is 1. The van der Waals surface area contributed by atoms with Gasteiger partial charge in [0.1, 0.15) is 5.75 Å². The fraction of sp³-hybridized carbons (Fsp3) is 0.350. The van der Waals surface area contributed by atoms with Crippen LogP contribution in [0.4, 0.5) is 5.69 Å². The van der Waals surface area contributed by atoms with Gasteiger partial charge in [0.05, 0.1) is 4.90 Å². The number of anilines is 1. The summed E-state index contributed by atoms with van der Waals surface area (Å²) in [5, 5.41) is 2.76. The van der Waals surface area contributed by atoms with Crippen LogP contribution in [0.15, 0.2) is 59.5 Å². The first-order valence-corrected chi connectivity index (χ1v) is 10.6. The third-order valence-electron chi connectivity index (χ3n) is 3.93. The molecule has 0 saturated carbocycles.